The van der Waals surface area contributed by atoms with Crippen molar-refractivity contribution in [2.45, 2.75) is 25.5 Å². The summed E-state index contributed by atoms with van der Waals surface area (Å²) in [5.74, 6) is 4.42. The van der Waals surface area contributed by atoms with Crippen molar-refractivity contribution >= 4 is 0 Å². The molecule has 1 saturated heterocycles. The van der Waals surface area contributed by atoms with E-state index in [4.69, 9.17) is 10.6 Å². The summed E-state index contributed by atoms with van der Waals surface area (Å²) in [6.07, 6.45) is 0.963. The highest BCUT2D eigenvalue weighted by Crippen LogP contribution is 2.32. The molecule has 2 rings (SSSR count). The van der Waals surface area contributed by atoms with Gasteiger partial charge in [-0.15, -0.1) is 0 Å². The number of hydrogen-bond donors (Lipinski definition) is 2. The van der Waals surface area contributed by atoms with Gasteiger partial charge in [0.15, 0.2) is 0 Å². The fourth-order valence-corrected chi connectivity index (χ4v) is 2.32. The van der Waals surface area contributed by atoms with E-state index < -0.39 is 11.6 Å². The number of ether oxygens (including phenoxy) is 1. The van der Waals surface area contributed by atoms with Gasteiger partial charge in [0.05, 0.1) is 18.8 Å². The minimum absolute atomic E-state index is 0.106. The fourth-order valence-electron chi connectivity index (χ4n) is 2.32. The molecule has 0 aromatic heterocycles. The lowest BCUT2D eigenvalue weighted by molar-refractivity contribution is 0.116. The van der Waals surface area contributed by atoms with Crippen molar-refractivity contribution in [3.8, 4) is 0 Å². The van der Waals surface area contributed by atoms with Gasteiger partial charge < -0.3 is 4.74 Å². The zero-order valence-electron chi connectivity index (χ0n) is 9.62. The Hall–Kier alpha value is -1.04. The molecule has 3 nitrogen and oxygen atoms in total. The van der Waals surface area contributed by atoms with Crippen LogP contribution in [-0.2, 0) is 4.74 Å². The molecule has 3 unspecified atom stereocenters. The van der Waals surface area contributed by atoms with Crippen LogP contribution >= 0.6 is 0 Å². The first kappa shape index (κ1) is 12.4. The van der Waals surface area contributed by atoms with Crippen molar-refractivity contribution in [3.63, 3.8) is 0 Å². The molecule has 17 heavy (non-hydrogen) atoms. The predicted octanol–water partition coefficient (Wildman–Crippen LogP) is 1.89. The van der Waals surface area contributed by atoms with Gasteiger partial charge in [0.1, 0.15) is 11.6 Å². The van der Waals surface area contributed by atoms with E-state index in [0.29, 0.717) is 12.2 Å². The molecule has 1 heterocycles. The average molecular weight is 242 g/mol. The van der Waals surface area contributed by atoms with Crippen LogP contribution in [0.25, 0.3) is 0 Å². The molecule has 3 atom stereocenters. The zero-order chi connectivity index (χ0) is 12.4. The molecular weight excluding hydrogens is 226 g/mol. The van der Waals surface area contributed by atoms with Crippen LogP contribution < -0.4 is 11.3 Å². The van der Waals surface area contributed by atoms with Crippen molar-refractivity contribution in [2.75, 3.05) is 6.61 Å². The van der Waals surface area contributed by atoms with E-state index in [1.807, 2.05) is 6.92 Å². The summed E-state index contributed by atoms with van der Waals surface area (Å²) in [6.45, 7) is 2.50. The smallest absolute Gasteiger partial charge is 0.130 e. The fraction of sp³-hybridized carbons (Fsp3) is 0.500. The second-order valence-electron chi connectivity index (χ2n) is 4.45. The Kier molecular flexibility index (Phi) is 3.71. The topological polar surface area (TPSA) is 47.3 Å². The van der Waals surface area contributed by atoms with Crippen LogP contribution in [0, 0.1) is 17.6 Å². The van der Waals surface area contributed by atoms with Crippen LogP contribution in [0.15, 0.2) is 18.2 Å². The first-order valence-electron chi connectivity index (χ1n) is 5.64. The maximum absolute atomic E-state index is 13.7. The normalized spacial score (nSPS) is 26.1. The van der Waals surface area contributed by atoms with Crippen molar-refractivity contribution in [1.29, 1.82) is 0 Å². The number of hydrogen-bond acceptors (Lipinski definition) is 3. The van der Waals surface area contributed by atoms with E-state index in [1.54, 1.807) is 0 Å². The third-order valence-corrected chi connectivity index (χ3v) is 3.18. The molecular formula is C12H16F2N2O. The van der Waals surface area contributed by atoms with Crippen LogP contribution in [0.3, 0.4) is 0 Å². The third-order valence-electron chi connectivity index (χ3n) is 3.18. The second kappa shape index (κ2) is 5.08. The quantitative estimate of drug-likeness (QED) is 0.628. The van der Waals surface area contributed by atoms with Gasteiger partial charge in [0, 0.05) is 17.5 Å². The van der Waals surface area contributed by atoms with Gasteiger partial charge in [-0.2, -0.15) is 0 Å². The van der Waals surface area contributed by atoms with E-state index in [0.717, 1.165) is 12.5 Å². The molecule has 1 aliphatic rings. The molecule has 0 saturated carbocycles. The minimum atomic E-state index is -0.585. The number of hydrazine groups is 1. The maximum Gasteiger partial charge on any atom is 0.130 e. The number of nitrogens with two attached hydrogens (primary N) is 1. The lowest BCUT2D eigenvalue weighted by Gasteiger charge is -2.22. The summed E-state index contributed by atoms with van der Waals surface area (Å²) in [4.78, 5) is 0. The van der Waals surface area contributed by atoms with Gasteiger partial charge in [-0.05, 0) is 19.4 Å². The van der Waals surface area contributed by atoms with Crippen LogP contribution in [-0.4, -0.2) is 12.7 Å². The van der Waals surface area contributed by atoms with Crippen LogP contribution in [0.5, 0.6) is 0 Å². The zero-order valence-corrected chi connectivity index (χ0v) is 9.62. The van der Waals surface area contributed by atoms with E-state index in [9.17, 15) is 8.78 Å². The first-order chi connectivity index (χ1) is 8.11. The van der Waals surface area contributed by atoms with Crippen molar-refractivity contribution < 1.29 is 13.5 Å². The van der Waals surface area contributed by atoms with Crippen LogP contribution in [0.4, 0.5) is 8.78 Å². The lowest BCUT2D eigenvalue weighted by atomic mass is 9.91. The number of rotatable bonds is 3. The Balaban J connectivity index is 2.23. The van der Waals surface area contributed by atoms with Crippen LogP contribution in [0.2, 0.25) is 0 Å². The van der Waals surface area contributed by atoms with Gasteiger partial charge in [-0.1, -0.05) is 6.07 Å². The highest BCUT2D eigenvalue weighted by Gasteiger charge is 2.31. The molecule has 1 aromatic carbocycles. The third kappa shape index (κ3) is 2.62. The van der Waals surface area contributed by atoms with Gasteiger partial charge in [-0.3, -0.25) is 11.3 Å². The van der Waals surface area contributed by atoms with Crippen molar-refractivity contribution in [1.82, 2.24) is 5.43 Å². The lowest BCUT2D eigenvalue weighted by Crippen LogP contribution is -2.34. The second-order valence-corrected chi connectivity index (χ2v) is 4.45. The van der Waals surface area contributed by atoms with Gasteiger partial charge in [0.2, 0.25) is 0 Å². The molecule has 1 aliphatic heterocycles. The Bertz CT molecular complexity index is 400. The highest BCUT2D eigenvalue weighted by atomic mass is 19.1. The Morgan fingerprint density at radius 2 is 2.24 bits per heavy atom. The molecule has 0 aliphatic carbocycles. The summed E-state index contributed by atoms with van der Waals surface area (Å²) >= 11 is 0. The molecule has 0 spiro atoms. The number of halogens is 2. The summed E-state index contributed by atoms with van der Waals surface area (Å²) in [5.41, 5.74) is 2.98. The monoisotopic (exact) mass is 242 g/mol. The van der Waals surface area contributed by atoms with E-state index in [1.165, 1.54) is 12.1 Å². The van der Waals surface area contributed by atoms with Crippen molar-refractivity contribution in [2.24, 2.45) is 11.8 Å². The molecule has 5 heteroatoms. The molecule has 0 bridgehead atoms. The number of benzene rings is 1. The molecule has 3 N–H and O–H groups in total. The van der Waals surface area contributed by atoms with Gasteiger partial charge in [0.25, 0.3) is 0 Å². The van der Waals surface area contributed by atoms with Crippen molar-refractivity contribution in [3.05, 3.63) is 35.4 Å². The largest absolute Gasteiger partial charge is 0.378 e. The summed E-state index contributed by atoms with van der Waals surface area (Å²) in [5, 5.41) is 0. The van der Waals surface area contributed by atoms with Gasteiger partial charge >= 0.3 is 0 Å². The Morgan fingerprint density at radius 1 is 1.47 bits per heavy atom. The molecule has 1 fully saturated rings. The maximum atomic E-state index is 13.7. The minimum Gasteiger partial charge on any atom is -0.378 e. The summed E-state index contributed by atoms with van der Waals surface area (Å²) in [7, 11) is 0. The average Bonchev–Trinajstić information content (AvgIpc) is 2.69. The van der Waals surface area contributed by atoms with Crippen LogP contribution in [0.1, 0.15) is 24.9 Å². The number of nitrogens with one attached hydrogen (secondary N) is 1. The standard InChI is InChI=1S/C12H16F2N2O/c1-7-4-8(6-17-7)12(16-15)10-3-2-9(13)5-11(10)14/h2-3,5,7-8,12,16H,4,6,15H2,1H3. The molecule has 0 radical (unpaired) electrons. The first-order valence-corrected chi connectivity index (χ1v) is 5.64. The highest BCUT2D eigenvalue weighted by molar-refractivity contribution is 5.23. The van der Waals surface area contributed by atoms with E-state index in [-0.39, 0.29) is 18.1 Å². The molecule has 0 amide bonds. The SMILES string of the molecule is CC1CC(C(NN)c2ccc(F)cc2F)CO1. The molecule has 1 aromatic rings. The predicted molar refractivity (Wildman–Crippen MR) is 59.9 cm³/mol. The van der Waals surface area contributed by atoms with Gasteiger partial charge in [-0.25, -0.2) is 8.78 Å². The Labute approximate surface area is 98.9 Å². The molecule has 94 valence electrons. The Morgan fingerprint density at radius 3 is 2.76 bits per heavy atom. The van der Waals surface area contributed by atoms with E-state index in [2.05, 4.69) is 5.43 Å². The summed E-state index contributed by atoms with van der Waals surface area (Å²) in [6, 6.07) is 3.19. The summed E-state index contributed by atoms with van der Waals surface area (Å²) < 4.78 is 31.9. The van der Waals surface area contributed by atoms with E-state index >= 15 is 0 Å².